The van der Waals surface area contributed by atoms with Gasteiger partial charge in [-0.3, -0.25) is 14.9 Å². The van der Waals surface area contributed by atoms with Crippen LogP contribution in [0.2, 0.25) is 0 Å². The van der Waals surface area contributed by atoms with Crippen molar-refractivity contribution in [2.24, 2.45) is 17.8 Å². The number of hydrogen-bond acceptors (Lipinski definition) is 6. The number of nitrogens with zero attached hydrogens (tertiary/aromatic N) is 2. The Labute approximate surface area is 144 Å². The summed E-state index contributed by atoms with van der Waals surface area (Å²) in [5.41, 5.74) is 0.762. The minimum Gasteiger partial charge on any atom is -0.455 e. The maximum absolute atomic E-state index is 12.1. The highest BCUT2D eigenvalue weighted by atomic mass is 16.5. The summed E-state index contributed by atoms with van der Waals surface area (Å²) in [6, 6.07) is 9.24. The highest BCUT2D eigenvalue weighted by Gasteiger charge is 2.44. The average Bonchev–Trinajstić information content (AvgIpc) is 3.37. The molecule has 0 aliphatic heterocycles. The largest absolute Gasteiger partial charge is 0.455 e. The molecule has 7 heteroatoms. The number of fused-ring (bicyclic) bond motifs is 2. The fraction of sp³-hybridized carbons (Fsp3) is 0.444. The Hall–Kier alpha value is -2.70. The molecule has 2 aliphatic rings. The van der Waals surface area contributed by atoms with Gasteiger partial charge in [-0.05, 0) is 43.2 Å². The highest BCUT2D eigenvalue weighted by molar-refractivity contribution is 5.91. The van der Waals surface area contributed by atoms with Gasteiger partial charge >= 0.3 is 12.0 Å². The van der Waals surface area contributed by atoms with Crippen molar-refractivity contribution in [2.45, 2.75) is 25.7 Å². The van der Waals surface area contributed by atoms with Crippen LogP contribution < -0.4 is 5.32 Å². The van der Waals surface area contributed by atoms with Gasteiger partial charge in [-0.15, -0.1) is 5.10 Å². The van der Waals surface area contributed by atoms with E-state index in [1.807, 2.05) is 30.3 Å². The molecule has 4 rings (SSSR count). The summed E-state index contributed by atoms with van der Waals surface area (Å²) >= 11 is 0. The molecule has 130 valence electrons. The molecule has 7 nitrogen and oxygen atoms in total. The summed E-state index contributed by atoms with van der Waals surface area (Å²) in [6.45, 7) is -0.338. The standard InChI is InChI=1S/C18H19N3O4/c22-15(10-24-17(23)14-9-11-6-7-13(14)8-11)19-18-21-20-16(25-18)12-4-2-1-3-5-12/h1-5,11,13-14H,6-10H2,(H,19,21,22)/t11-,13-,14+/m0/s1. The van der Waals surface area contributed by atoms with Crippen LogP contribution in [0.5, 0.6) is 0 Å². The number of benzene rings is 1. The van der Waals surface area contributed by atoms with Crippen molar-refractivity contribution in [3.63, 3.8) is 0 Å². The monoisotopic (exact) mass is 341 g/mol. The van der Waals surface area contributed by atoms with E-state index in [1.54, 1.807) is 0 Å². The minimum atomic E-state index is -0.486. The van der Waals surface area contributed by atoms with E-state index in [9.17, 15) is 9.59 Å². The molecule has 2 aromatic rings. The highest BCUT2D eigenvalue weighted by Crippen LogP contribution is 2.48. The van der Waals surface area contributed by atoms with E-state index >= 15 is 0 Å². The lowest BCUT2D eigenvalue weighted by Crippen LogP contribution is -2.27. The Morgan fingerprint density at radius 3 is 2.72 bits per heavy atom. The molecule has 2 saturated carbocycles. The number of nitrogens with one attached hydrogen (secondary N) is 1. The lowest BCUT2D eigenvalue weighted by Gasteiger charge is -2.19. The molecule has 25 heavy (non-hydrogen) atoms. The molecular formula is C18H19N3O4. The van der Waals surface area contributed by atoms with Gasteiger partial charge in [0, 0.05) is 5.56 Å². The average molecular weight is 341 g/mol. The molecule has 1 N–H and O–H groups in total. The Morgan fingerprint density at radius 1 is 1.16 bits per heavy atom. The molecule has 1 heterocycles. The van der Waals surface area contributed by atoms with E-state index in [4.69, 9.17) is 9.15 Å². The first-order chi connectivity index (χ1) is 12.2. The summed E-state index contributed by atoms with van der Waals surface area (Å²) in [4.78, 5) is 24.0. The lowest BCUT2D eigenvalue weighted by atomic mass is 9.89. The van der Waals surface area contributed by atoms with Crippen LogP contribution in [0.4, 0.5) is 6.01 Å². The number of hydrogen-bond donors (Lipinski definition) is 1. The Kier molecular flexibility index (Phi) is 4.21. The second kappa shape index (κ2) is 6.66. The van der Waals surface area contributed by atoms with E-state index in [1.165, 1.54) is 6.42 Å². The quantitative estimate of drug-likeness (QED) is 0.840. The fourth-order valence-electron chi connectivity index (χ4n) is 3.90. The molecule has 3 atom stereocenters. The minimum absolute atomic E-state index is 0.0141. The summed E-state index contributed by atoms with van der Waals surface area (Å²) in [5, 5.41) is 10.1. The van der Waals surface area contributed by atoms with E-state index in [2.05, 4.69) is 15.5 Å². The number of ether oxygens (including phenoxy) is 1. The number of carbonyl (C=O) groups excluding carboxylic acids is 2. The third-order valence-electron chi connectivity index (χ3n) is 5.08. The first kappa shape index (κ1) is 15.8. The normalized spacial score (nSPS) is 24.2. The van der Waals surface area contributed by atoms with Crippen molar-refractivity contribution in [2.75, 3.05) is 11.9 Å². The number of aromatic nitrogens is 2. The van der Waals surface area contributed by atoms with Crippen LogP contribution in [-0.4, -0.2) is 28.7 Å². The Bertz CT molecular complexity index is 774. The zero-order chi connectivity index (χ0) is 17.2. The van der Waals surface area contributed by atoms with Crippen molar-refractivity contribution < 1.29 is 18.7 Å². The van der Waals surface area contributed by atoms with Gasteiger partial charge in [0.1, 0.15) is 0 Å². The van der Waals surface area contributed by atoms with Crippen molar-refractivity contribution in [1.82, 2.24) is 10.2 Å². The number of anilines is 1. The number of amides is 1. The van der Waals surface area contributed by atoms with Crippen molar-refractivity contribution in [1.29, 1.82) is 0 Å². The Balaban J connectivity index is 1.28. The third-order valence-corrected chi connectivity index (χ3v) is 5.08. The van der Waals surface area contributed by atoms with Crippen LogP contribution >= 0.6 is 0 Å². The first-order valence-electron chi connectivity index (χ1n) is 8.54. The second-order valence-corrected chi connectivity index (χ2v) is 6.72. The predicted molar refractivity (Wildman–Crippen MR) is 88.3 cm³/mol. The smallest absolute Gasteiger partial charge is 0.322 e. The number of rotatable bonds is 5. The predicted octanol–water partition coefficient (Wildman–Crippen LogP) is 2.65. The molecule has 0 unspecified atom stereocenters. The van der Waals surface area contributed by atoms with Gasteiger partial charge in [0.2, 0.25) is 5.89 Å². The summed E-state index contributed by atoms with van der Waals surface area (Å²) in [5.74, 6) is 0.614. The van der Waals surface area contributed by atoms with Crippen molar-refractivity contribution >= 4 is 17.9 Å². The molecular weight excluding hydrogens is 322 g/mol. The zero-order valence-corrected chi connectivity index (χ0v) is 13.7. The molecule has 0 spiro atoms. The van der Waals surface area contributed by atoms with E-state index in [-0.39, 0.29) is 24.5 Å². The molecule has 0 saturated heterocycles. The summed E-state index contributed by atoms with van der Waals surface area (Å²) in [7, 11) is 0. The summed E-state index contributed by atoms with van der Waals surface area (Å²) < 4.78 is 10.6. The maximum Gasteiger partial charge on any atom is 0.322 e. The molecule has 1 aromatic carbocycles. The van der Waals surface area contributed by atoms with Crippen LogP contribution in [0, 0.1) is 17.8 Å². The SMILES string of the molecule is O=C(COC(=O)[C@@H]1C[C@H]2CC[C@H]1C2)Nc1nnc(-c2ccccc2)o1. The van der Waals surface area contributed by atoms with Crippen molar-refractivity contribution in [3.8, 4) is 11.5 Å². The van der Waals surface area contributed by atoms with Gasteiger partial charge in [-0.1, -0.05) is 29.7 Å². The number of esters is 1. The molecule has 0 radical (unpaired) electrons. The van der Waals surface area contributed by atoms with Crippen LogP contribution in [0.1, 0.15) is 25.7 Å². The second-order valence-electron chi connectivity index (χ2n) is 6.72. The molecule has 1 amide bonds. The zero-order valence-electron chi connectivity index (χ0n) is 13.7. The van der Waals surface area contributed by atoms with Gasteiger partial charge in [0.05, 0.1) is 5.92 Å². The van der Waals surface area contributed by atoms with Gasteiger partial charge < -0.3 is 9.15 Å². The van der Waals surface area contributed by atoms with E-state index in [0.29, 0.717) is 17.7 Å². The van der Waals surface area contributed by atoms with Crippen LogP contribution in [0.3, 0.4) is 0 Å². The van der Waals surface area contributed by atoms with E-state index < -0.39 is 5.91 Å². The Morgan fingerprint density at radius 2 is 2.00 bits per heavy atom. The van der Waals surface area contributed by atoms with Gasteiger partial charge in [0.25, 0.3) is 5.91 Å². The molecule has 1 aromatic heterocycles. The summed E-state index contributed by atoms with van der Waals surface area (Å²) in [6.07, 6.45) is 4.34. The van der Waals surface area contributed by atoms with E-state index in [0.717, 1.165) is 24.8 Å². The van der Waals surface area contributed by atoms with Gasteiger partial charge in [-0.2, -0.15) is 0 Å². The first-order valence-corrected chi connectivity index (χ1v) is 8.54. The van der Waals surface area contributed by atoms with Crippen LogP contribution in [0.15, 0.2) is 34.7 Å². The molecule has 2 bridgehead atoms. The fourth-order valence-corrected chi connectivity index (χ4v) is 3.90. The van der Waals surface area contributed by atoms with Gasteiger partial charge in [-0.25, -0.2) is 0 Å². The number of carbonyl (C=O) groups is 2. The van der Waals surface area contributed by atoms with Gasteiger partial charge in [0.15, 0.2) is 6.61 Å². The molecule has 2 fully saturated rings. The third kappa shape index (κ3) is 3.40. The van der Waals surface area contributed by atoms with Crippen molar-refractivity contribution in [3.05, 3.63) is 30.3 Å². The lowest BCUT2D eigenvalue weighted by molar-refractivity contribution is -0.153. The van der Waals surface area contributed by atoms with Crippen LogP contribution in [0.25, 0.3) is 11.5 Å². The topological polar surface area (TPSA) is 94.3 Å². The maximum atomic E-state index is 12.1. The molecule has 2 aliphatic carbocycles. The van der Waals surface area contributed by atoms with Crippen LogP contribution in [-0.2, 0) is 14.3 Å².